The number of anilines is 1. The summed E-state index contributed by atoms with van der Waals surface area (Å²) in [6.45, 7) is 0. The van der Waals surface area contributed by atoms with Crippen LogP contribution in [-0.4, -0.2) is 17.9 Å². The average molecular weight is 433 g/mol. The molecule has 0 saturated carbocycles. The van der Waals surface area contributed by atoms with Gasteiger partial charge in [-0.3, -0.25) is 14.9 Å². The topological polar surface area (TPSA) is 94.6 Å². The van der Waals surface area contributed by atoms with Crippen LogP contribution < -0.4 is 10.1 Å². The van der Waals surface area contributed by atoms with E-state index >= 15 is 0 Å². The van der Waals surface area contributed by atoms with Crippen LogP contribution in [0.3, 0.4) is 0 Å². The predicted octanol–water partition coefficient (Wildman–Crippen LogP) is 5.82. The van der Waals surface area contributed by atoms with Gasteiger partial charge in [-0.25, -0.2) is 0 Å². The number of non-ortho nitro benzene ring substituents is 1. The van der Waals surface area contributed by atoms with Crippen molar-refractivity contribution in [1.29, 1.82) is 0 Å². The largest absolute Gasteiger partial charge is 0.495 e. The zero-order chi connectivity index (χ0) is 21.0. The van der Waals surface area contributed by atoms with Crippen molar-refractivity contribution in [2.45, 2.75) is 0 Å². The van der Waals surface area contributed by atoms with Crippen LogP contribution in [0.1, 0.15) is 5.76 Å². The molecule has 0 bridgehead atoms. The summed E-state index contributed by atoms with van der Waals surface area (Å²) in [4.78, 5) is 22.6. The molecule has 0 spiro atoms. The monoisotopic (exact) mass is 432 g/mol. The number of nitro groups is 1. The third kappa shape index (κ3) is 5.16. The van der Waals surface area contributed by atoms with Gasteiger partial charge in [-0.15, -0.1) is 0 Å². The summed E-state index contributed by atoms with van der Waals surface area (Å²) < 4.78 is 10.8. The Morgan fingerprint density at radius 2 is 1.86 bits per heavy atom. The maximum Gasteiger partial charge on any atom is 0.271 e. The number of amides is 1. The lowest BCUT2D eigenvalue weighted by molar-refractivity contribution is -0.384. The number of benzene rings is 2. The zero-order valence-corrected chi connectivity index (χ0v) is 16.5. The molecule has 0 radical (unpaired) electrons. The van der Waals surface area contributed by atoms with Gasteiger partial charge in [-0.1, -0.05) is 23.2 Å². The van der Waals surface area contributed by atoms with Gasteiger partial charge in [0.05, 0.1) is 17.7 Å². The van der Waals surface area contributed by atoms with Crippen LogP contribution in [0, 0.1) is 10.1 Å². The number of carbonyl (C=O) groups is 1. The van der Waals surface area contributed by atoms with E-state index in [2.05, 4.69) is 5.32 Å². The molecule has 29 heavy (non-hydrogen) atoms. The van der Waals surface area contributed by atoms with E-state index in [0.29, 0.717) is 32.9 Å². The highest BCUT2D eigenvalue weighted by Crippen LogP contribution is 2.30. The maximum atomic E-state index is 12.2. The average Bonchev–Trinajstić information content (AvgIpc) is 3.14. The summed E-state index contributed by atoms with van der Waals surface area (Å²) in [6, 6.07) is 12.4. The van der Waals surface area contributed by atoms with E-state index in [-0.39, 0.29) is 11.4 Å². The molecule has 3 aromatic rings. The third-order valence-electron chi connectivity index (χ3n) is 3.82. The number of halogens is 2. The highest BCUT2D eigenvalue weighted by molar-refractivity contribution is 6.35. The second-order valence-electron chi connectivity index (χ2n) is 5.82. The first-order valence-corrected chi connectivity index (χ1v) is 8.99. The Bertz CT molecular complexity index is 1090. The molecule has 1 N–H and O–H groups in total. The summed E-state index contributed by atoms with van der Waals surface area (Å²) in [6.07, 6.45) is 2.71. The highest BCUT2D eigenvalue weighted by Gasteiger charge is 2.13. The van der Waals surface area contributed by atoms with Crippen LogP contribution in [-0.2, 0) is 4.79 Å². The first-order chi connectivity index (χ1) is 13.9. The molecule has 0 saturated heterocycles. The highest BCUT2D eigenvalue weighted by atomic mass is 35.5. The van der Waals surface area contributed by atoms with Crippen molar-refractivity contribution in [3.63, 3.8) is 0 Å². The first-order valence-electron chi connectivity index (χ1n) is 8.23. The number of rotatable bonds is 6. The van der Waals surface area contributed by atoms with Gasteiger partial charge in [0.25, 0.3) is 5.69 Å². The fourth-order valence-electron chi connectivity index (χ4n) is 2.53. The molecule has 9 heteroatoms. The van der Waals surface area contributed by atoms with Gasteiger partial charge in [-0.2, -0.15) is 0 Å². The number of methoxy groups -OCH3 is 1. The van der Waals surface area contributed by atoms with Crippen LogP contribution in [0.4, 0.5) is 11.4 Å². The van der Waals surface area contributed by atoms with Gasteiger partial charge in [0.1, 0.15) is 17.3 Å². The molecule has 0 aliphatic heterocycles. The second-order valence-corrected chi connectivity index (χ2v) is 6.70. The molecule has 0 atom stereocenters. The number of furan rings is 1. The van der Waals surface area contributed by atoms with Crippen molar-refractivity contribution < 1.29 is 18.9 Å². The van der Waals surface area contributed by atoms with Crippen LogP contribution in [0.2, 0.25) is 10.0 Å². The lowest BCUT2D eigenvalue weighted by Crippen LogP contribution is -2.09. The Labute approximate surface area is 175 Å². The quantitative estimate of drug-likeness (QED) is 0.300. The molecular weight excluding hydrogens is 419 g/mol. The van der Waals surface area contributed by atoms with E-state index in [0.717, 1.165) is 0 Å². The molecule has 3 rings (SSSR count). The molecule has 1 heterocycles. The number of hydrogen-bond acceptors (Lipinski definition) is 5. The van der Waals surface area contributed by atoms with E-state index in [1.54, 1.807) is 30.3 Å². The smallest absolute Gasteiger partial charge is 0.271 e. The molecule has 1 aromatic heterocycles. The van der Waals surface area contributed by atoms with Crippen molar-refractivity contribution in [2.75, 3.05) is 12.4 Å². The number of nitrogens with zero attached hydrogens (tertiary/aromatic N) is 1. The lowest BCUT2D eigenvalue weighted by Gasteiger charge is -2.08. The normalized spacial score (nSPS) is 10.9. The van der Waals surface area contributed by atoms with E-state index < -0.39 is 10.8 Å². The van der Waals surface area contributed by atoms with Crippen LogP contribution in [0.25, 0.3) is 17.4 Å². The first kappa shape index (κ1) is 20.4. The van der Waals surface area contributed by atoms with Gasteiger partial charge in [0, 0.05) is 33.8 Å². The zero-order valence-electron chi connectivity index (χ0n) is 15.0. The third-order valence-corrected chi connectivity index (χ3v) is 4.26. The van der Waals surface area contributed by atoms with E-state index in [1.807, 2.05) is 0 Å². The van der Waals surface area contributed by atoms with Gasteiger partial charge in [0.2, 0.25) is 5.91 Å². The van der Waals surface area contributed by atoms with Gasteiger partial charge >= 0.3 is 0 Å². The number of hydrogen-bond donors (Lipinski definition) is 1. The number of carbonyl (C=O) groups excluding carboxylic acids is 1. The van der Waals surface area contributed by atoms with Crippen molar-refractivity contribution in [3.05, 3.63) is 80.5 Å². The predicted molar refractivity (Wildman–Crippen MR) is 111 cm³/mol. The maximum absolute atomic E-state index is 12.2. The van der Waals surface area contributed by atoms with Crippen molar-refractivity contribution in [2.24, 2.45) is 0 Å². The minimum atomic E-state index is -0.558. The SMILES string of the molecule is COc1ccc([N+](=O)[O-])cc1NC(=O)/C=C/c1ccc(-c2cc(Cl)cc(Cl)c2)o1. The molecule has 7 nitrogen and oxygen atoms in total. The fraction of sp³-hybridized carbons (Fsp3) is 0.0500. The van der Waals surface area contributed by atoms with Gasteiger partial charge in [-0.05, 0) is 42.5 Å². The van der Waals surface area contributed by atoms with Crippen LogP contribution in [0.15, 0.2) is 59.0 Å². The molecule has 0 fully saturated rings. The fourth-order valence-corrected chi connectivity index (χ4v) is 3.06. The van der Waals surface area contributed by atoms with Crippen molar-refractivity contribution >= 4 is 46.6 Å². The number of nitro benzene ring substituents is 1. The molecule has 0 aliphatic rings. The van der Waals surface area contributed by atoms with E-state index in [4.69, 9.17) is 32.4 Å². The lowest BCUT2D eigenvalue weighted by atomic mass is 10.2. The summed E-state index contributed by atoms with van der Waals surface area (Å²) in [5.41, 5.74) is 0.721. The minimum absolute atomic E-state index is 0.166. The summed E-state index contributed by atoms with van der Waals surface area (Å²) in [5, 5.41) is 14.4. The van der Waals surface area contributed by atoms with E-state index in [9.17, 15) is 14.9 Å². The number of nitrogens with one attached hydrogen (secondary N) is 1. The molecule has 0 unspecified atom stereocenters. The molecule has 1 amide bonds. The minimum Gasteiger partial charge on any atom is -0.495 e. The second kappa shape index (κ2) is 8.81. The van der Waals surface area contributed by atoms with Crippen LogP contribution in [0.5, 0.6) is 5.75 Å². The van der Waals surface area contributed by atoms with E-state index in [1.165, 1.54) is 37.5 Å². The summed E-state index contributed by atoms with van der Waals surface area (Å²) in [5.74, 6) is 0.759. The van der Waals surface area contributed by atoms with Crippen LogP contribution >= 0.6 is 23.2 Å². The summed E-state index contributed by atoms with van der Waals surface area (Å²) >= 11 is 12.0. The Morgan fingerprint density at radius 3 is 2.52 bits per heavy atom. The molecule has 2 aromatic carbocycles. The Kier molecular flexibility index (Phi) is 6.21. The van der Waals surface area contributed by atoms with Crippen molar-refractivity contribution in [1.82, 2.24) is 0 Å². The Morgan fingerprint density at radius 1 is 1.14 bits per heavy atom. The molecule has 0 aliphatic carbocycles. The molecule has 148 valence electrons. The van der Waals surface area contributed by atoms with Crippen molar-refractivity contribution in [3.8, 4) is 17.1 Å². The molecular formula is C20H14Cl2N2O5. The summed E-state index contributed by atoms with van der Waals surface area (Å²) in [7, 11) is 1.40. The Hall–Kier alpha value is -3.29. The van der Waals surface area contributed by atoms with Gasteiger partial charge in [0.15, 0.2) is 0 Å². The Balaban J connectivity index is 1.74. The van der Waals surface area contributed by atoms with Gasteiger partial charge < -0.3 is 14.5 Å². The standard InChI is InChI=1S/C20H14Cl2N2O5/c1-28-19-5-2-15(24(26)27)11-17(19)23-20(25)7-4-16-3-6-18(29-16)12-8-13(21)10-14(22)9-12/h2-11H,1H3,(H,23,25)/b7-4+. The number of ether oxygens (including phenoxy) is 1.